The SMILES string of the molecule is CC1CCN(C(=O)C2CCCN(c3ncnc4onc(-c5ccc(F)cc5)c34)C2)CC1. The van der Waals surface area contributed by atoms with Crippen LogP contribution in [0, 0.1) is 17.7 Å². The average molecular weight is 423 g/mol. The van der Waals surface area contributed by atoms with Crippen molar-refractivity contribution in [1.82, 2.24) is 20.0 Å². The van der Waals surface area contributed by atoms with E-state index in [1.54, 1.807) is 12.1 Å². The Bertz CT molecular complexity index is 1080. The minimum atomic E-state index is -0.308. The number of rotatable bonds is 3. The molecule has 0 spiro atoms. The zero-order valence-electron chi connectivity index (χ0n) is 17.6. The zero-order chi connectivity index (χ0) is 21.4. The smallest absolute Gasteiger partial charge is 0.263 e. The van der Waals surface area contributed by atoms with Crippen LogP contribution in [-0.4, -0.2) is 52.1 Å². The summed E-state index contributed by atoms with van der Waals surface area (Å²) in [5, 5.41) is 4.89. The van der Waals surface area contributed by atoms with Gasteiger partial charge in [-0.15, -0.1) is 0 Å². The Morgan fingerprint density at radius 2 is 1.87 bits per heavy atom. The van der Waals surface area contributed by atoms with E-state index in [1.807, 2.05) is 4.90 Å². The van der Waals surface area contributed by atoms with Crippen molar-refractivity contribution in [3.8, 4) is 11.3 Å². The molecule has 2 aliphatic heterocycles. The predicted molar refractivity (Wildman–Crippen MR) is 115 cm³/mol. The Morgan fingerprint density at radius 1 is 1.10 bits per heavy atom. The molecule has 1 aromatic carbocycles. The number of hydrogen-bond donors (Lipinski definition) is 0. The molecular formula is C23H26FN5O2. The number of nitrogens with zero attached hydrogens (tertiary/aromatic N) is 5. The number of carbonyl (C=O) groups is 1. The molecule has 0 radical (unpaired) electrons. The van der Waals surface area contributed by atoms with Crippen LogP contribution in [0.4, 0.5) is 10.2 Å². The lowest BCUT2D eigenvalue weighted by Gasteiger charge is -2.37. The number of benzene rings is 1. The molecule has 1 atom stereocenters. The van der Waals surface area contributed by atoms with Crippen molar-refractivity contribution in [1.29, 1.82) is 0 Å². The highest BCUT2D eigenvalue weighted by Crippen LogP contribution is 2.35. The maximum absolute atomic E-state index is 13.4. The van der Waals surface area contributed by atoms with Crippen molar-refractivity contribution >= 4 is 22.8 Å². The second-order valence-corrected chi connectivity index (χ2v) is 8.71. The summed E-state index contributed by atoms with van der Waals surface area (Å²) < 4.78 is 18.8. The number of piperidine rings is 2. The van der Waals surface area contributed by atoms with Crippen molar-refractivity contribution in [3.05, 3.63) is 36.4 Å². The van der Waals surface area contributed by atoms with E-state index in [1.165, 1.54) is 18.5 Å². The van der Waals surface area contributed by atoms with Gasteiger partial charge in [0, 0.05) is 31.7 Å². The molecule has 2 aliphatic rings. The summed E-state index contributed by atoms with van der Waals surface area (Å²) in [6, 6.07) is 6.13. The van der Waals surface area contributed by atoms with Crippen molar-refractivity contribution in [3.63, 3.8) is 0 Å². The van der Waals surface area contributed by atoms with Gasteiger partial charge in [-0.3, -0.25) is 4.79 Å². The molecule has 1 amide bonds. The Labute approximate surface area is 180 Å². The van der Waals surface area contributed by atoms with E-state index in [0.717, 1.165) is 56.7 Å². The van der Waals surface area contributed by atoms with Gasteiger partial charge in [0.1, 0.15) is 29.0 Å². The van der Waals surface area contributed by atoms with Crippen LogP contribution in [-0.2, 0) is 4.79 Å². The predicted octanol–water partition coefficient (Wildman–Crippen LogP) is 3.90. The van der Waals surface area contributed by atoms with Crippen LogP contribution in [0.15, 0.2) is 35.1 Å². The molecule has 8 heteroatoms. The quantitative estimate of drug-likeness (QED) is 0.636. The number of fused-ring (bicyclic) bond motifs is 1. The summed E-state index contributed by atoms with van der Waals surface area (Å²) in [5.74, 6) is 1.32. The highest BCUT2D eigenvalue weighted by atomic mass is 19.1. The number of amides is 1. The van der Waals surface area contributed by atoms with Crippen molar-refractivity contribution < 1.29 is 13.7 Å². The Balaban J connectivity index is 1.43. The van der Waals surface area contributed by atoms with Gasteiger partial charge in [-0.05, 0) is 55.9 Å². The second kappa shape index (κ2) is 8.24. The van der Waals surface area contributed by atoms with Gasteiger partial charge in [0.2, 0.25) is 5.91 Å². The van der Waals surface area contributed by atoms with Gasteiger partial charge in [-0.1, -0.05) is 12.1 Å². The largest absolute Gasteiger partial charge is 0.355 e. The number of hydrogen-bond acceptors (Lipinski definition) is 6. The van der Waals surface area contributed by atoms with E-state index in [4.69, 9.17) is 4.52 Å². The lowest BCUT2D eigenvalue weighted by molar-refractivity contribution is -0.137. The van der Waals surface area contributed by atoms with Crippen molar-refractivity contribution in [2.75, 3.05) is 31.1 Å². The average Bonchev–Trinajstić information content (AvgIpc) is 3.24. The van der Waals surface area contributed by atoms with Crippen LogP contribution < -0.4 is 4.90 Å². The first kappa shape index (κ1) is 19.9. The van der Waals surface area contributed by atoms with Gasteiger partial charge < -0.3 is 14.3 Å². The molecule has 0 aliphatic carbocycles. The van der Waals surface area contributed by atoms with Gasteiger partial charge in [0.15, 0.2) is 0 Å². The molecule has 2 aromatic heterocycles. The Kier molecular flexibility index (Phi) is 5.29. The number of anilines is 1. The molecule has 0 N–H and O–H groups in total. The highest BCUT2D eigenvalue weighted by Gasteiger charge is 2.32. The van der Waals surface area contributed by atoms with E-state index < -0.39 is 0 Å². The summed E-state index contributed by atoms with van der Waals surface area (Å²) in [4.78, 5) is 26.1. The van der Waals surface area contributed by atoms with Gasteiger partial charge in [-0.2, -0.15) is 4.98 Å². The Morgan fingerprint density at radius 3 is 2.65 bits per heavy atom. The van der Waals surface area contributed by atoms with Crippen LogP contribution in [0.3, 0.4) is 0 Å². The molecule has 2 fully saturated rings. The lowest BCUT2D eigenvalue weighted by Crippen LogP contribution is -2.47. The topological polar surface area (TPSA) is 75.4 Å². The minimum Gasteiger partial charge on any atom is -0.355 e. The molecule has 0 saturated carbocycles. The number of carbonyl (C=O) groups excluding carboxylic acids is 1. The van der Waals surface area contributed by atoms with Gasteiger partial charge in [-0.25, -0.2) is 9.37 Å². The summed E-state index contributed by atoms with van der Waals surface area (Å²) in [6.45, 7) is 5.39. The number of halogens is 1. The van der Waals surface area contributed by atoms with Crippen molar-refractivity contribution in [2.24, 2.45) is 11.8 Å². The van der Waals surface area contributed by atoms with Crippen LogP contribution in [0.2, 0.25) is 0 Å². The molecule has 31 heavy (non-hydrogen) atoms. The van der Waals surface area contributed by atoms with E-state index in [-0.39, 0.29) is 17.6 Å². The molecular weight excluding hydrogens is 397 g/mol. The maximum atomic E-state index is 13.4. The van der Waals surface area contributed by atoms with Crippen molar-refractivity contribution in [2.45, 2.75) is 32.6 Å². The molecule has 2 saturated heterocycles. The van der Waals surface area contributed by atoms with E-state index in [9.17, 15) is 9.18 Å². The van der Waals surface area contributed by atoms with Gasteiger partial charge >= 0.3 is 0 Å². The number of likely N-dealkylation sites (tertiary alicyclic amines) is 1. The molecule has 5 rings (SSSR count). The summed E-state index contributed by atoms with van der Waals surface area (Å²) in [6.07, 6.45) is 5.44. The van der Waals surface area contributed by atoms with Crippen LogP contribution >= 0.6 is 0 Å². The number of aromatic nitrogens is 3. The van der Waals surface area contributed by atoms with E-state index in [2.05, 4.69) is 26.9 Å². The molecule has 7 nitrogen and oxygen atoms in total. The van der Waals surface area contributed by atoms with Gasteiger partial charge in [0.25, 0.3) is 5.71 Å². The first-order chi connectivity index (χ1) is 15.1. The summed E-state index contributed by atoms with van der Waals surface area (Å²) in [5.41, 5.74) is 1.72. The van der Waals surface area contributed by atoms with Crippen LogP contribution in [0.1, 0.15) is 32.6 Å². The highest BCUT2D eigenvalue weighted by molar-refractivity contribution is 5.98. The fourth-order valence-electron chi connectivity index (χ4n) is 4.67. The third-order valence-electron chi connectivity index (χ3n) is 6.54. The lowest BCUT2D eigenvalue weighted by atomic mass is 9.93. The summed E-state index contributed by atoms with van der Waals surface area (Å²) >= 11 is 0. The molecule has 0 bridgehead atoms. The molecule has 4 heterocycles. The third kappa shape index (κ3) is 3.86. The molecule has 3 aromatic rings. The fourth-order valence-corrected chi connectivity index (χ4v) is 4.67. The normalized spacial score (nSPS) is 20.4. The fraction of sp³-hybridized carbons (Fsp3) is 0.478. The second-order valence-electron chi connectivity index (χ2n) is 8.71. The molecule has 1 unspecified atom stereocenters. The third-order valence-corrected chi connectivity index (χ3v) is 6.54. The summed E-state index contributed by atoms with van der Waals surface area (Å²) in [7, 11) is 0. The van der Waals surface area contributed by atoms with E-state index >= 15 is 0 Å². The van der Waals surface area contributed by atoms with Crippen LogP contribution in [0.5, 0.6) is 0 Å². The monoisotopic (exact) mass is 423 g/mol. The Hall–Kier alpha value is -3.03. The van der Waals surface area contributed by atoms with Gasteiger partial charge in [0.05, 0.1) is 5.92 Å². The standard InChI is InChI=1S/C23H26FN5O2/c1-15-8-11-28(12-9-15)23(30)17-3-2-10-29(13-17)21-19-20(16-4-6-18(24)7-5-16)27-31-22(19)26-14-25-21/h4-7,14-15,17H,2-3,8-13H2,1H3. The zero-order valence-corrected chi connectivity index (χ0v) is 17.6. The maximum Gasteiger partial charge on any atom is 0.263 e. The first-order valence-electron chi connectivity index (χ1n) is 11.0. The minimum absolute atomic E-state index is 0.0405. The van der Waals surface area contributed by atoms with Crippen LogP contribution in [0.25, 0.3) is 22.4 Å². The first-order valence-corrected chi connectivity index (χ1v) is 11.0. The molecule has 162 valence electrons. The van der Waals surface area contributed by atoms with E-state index in [0.29, 0.717) is 29.3 Å².